The predicted molar refractivity (Wildman–Crippen MR) is 48.0 cm³/mol. The molecule has 1 atom stereocenters. The number of nitrogens with two attached hydrogens (primary N) is 1. The Morgan fingerprint density at radius 3 is 2.42 bits per heavy atom. The molecule has 0 radical (unpaired) electrons. The van der Waals surface area contributed by atoms with Crippen LogP contribution in [0.2, 0.25) is 0 Å². The number of aliphatic hydroxyl groups is 1. The number of aliphatic hydroxyl groups excluding tert-OH is 1. The van der Waals surface area contributed by atoms with Gasteiger partial charge in [-0.05, 0) is 19.9 Å². The van der Waals surface area contributed by atoms with Crippen molar-refractivity contribution in [2.75, 3.05) is 7.05 Å². The third-order valence-electron chi connectivity index (χ3n) is 1.40. The lowest BCUT2D eigenvalue weighted by Crippen LogP contribution is -2.20. The summed E-state index contributed by atoms with van der Waals surface area (Å²) in [5.41, 5.74) is 5.86. The Hall–Kier alpha value is -1.16. The molecule has 12 heavy (non-hydrogen) atoms. The fourth-order valence-electron chi connectivity index (χ4n) is 0.743. The van der Waals surface area contributed by atoms with Crippen LogP contribution < -0.4 is 5.73 Å². The van der Waals surface area contributed by atoms with E-state index in [1.54, 1.807) is 20.9 Å². The molecule has 0 aliphatic rings. The average Bonchev–Trinajstić information content (AvgIpc) is 1.98. The zero-order valence-corrected chi connectivity index (χ0v) is 7.53. The third-order valence-corrected chi connectivity index (χ3v) is 1.40. The second-order valence-electron chi connectivity index (χ2n) is 2.49. The maximum atomic E-state index is 10.8. The molecule has 0 aromatic carbocycles. The van der Waals surface area contributed by atoms with Gasteiger partial charge >= 0.3 is 0 Å². The van der Waals surface area contributed by atoms with Gasteiger partial charge < -0.3 is 10.8 Å². The summed E-state index contributed by atoms with van der Waals surface area (Å²) in [6, 6.07) is 0. The molecule has 0 saturated heterocycles. The number of amides is 1. The van der Waals surface area contributed by atoms with Gasteiger partial charge in [0.1, 0.15) is 0 Å². The van der Waals surface area contributed by atoms with Crippen molar-refractivity contribution in [1.29, 1.82) is 0 Å². The summed E-state index contributed by atoms with van der Waals surface area (Å²) in [5, 5.41) is 8.98. The summed E-state index contributed by atoms with van der Waals surface area (Å²) in [5.74, 6) is -0.570. The molecule has 0 aromatic heterocycles. The summed E-state index contributed by atoms with van der Waals surface area (Å²) in [4.78, 5) is 14.6. The van der Waals surface area contributed by atoms with E-state index < -0.39 is 12.0 Å². The fourth-order valence-corrected chi connectivity index (χ4v) is 0.743. The number of aliphatic imine (C=N–C) groups is 1. The first-order chi connectivity index (χ1) is 5.49. The van der Waals surface area contributed by atoms with Gasteiger partial charge in [0.15, 0.2) is 0 Å². The van der Waals surface area contributed by atoms with E-state index in [1.807, 2.05) is 0 Å². The third kappa shape index (κ3) is 3.30. The molecule has 3 N–H and O–H groups in total. The zero-order chi connectivity index (χ0) is 9.72. The molecule has 0 aliphatic heterocycles. The molecule has 0 fully saturated rings. The first-order valence-corrected chi connectivity index (χ1v) is 3.62. The Balaban J connectivity index is 4.80. The largest absolute Gasteiger partial charge is 0.389 e. The standard InChI is InChI=1S/C8H14N2O2/c1-5(11)4-7(8(9)12)6(2)10-3/h4-5,11H,1-3H3,(H2,9,12)/b7-4+,10-6?. The van der Waals surface area contributed by atoms with Crippen LogP contribution in [-0.4, -0.2) is 29.9 Å². The van der Waals surface area contributed by atoms with Crippen molar-refractivity contribution < 1.29 is 9.90 Å². The summed E-state index contributed by atoms with van der Waals surface area (Å²) >= 11 is 0. The molecule has 0 spiro atoms. The highest BCUT2D eigenvalue weighted by atomic mass is 16.3. The smallest absolute Gasteiger partial charge is 0.250 e. The van der Waals surface area contributed by atoms with Gasteiger partial charge in [-0.15, -0.1) is 0 Å². The molecule has 0 bridgehead atoms. The molecule has 0 aromatic rings. The highest BCUT2D eigenvalue weighted by Gasteiger charge is 2.08. The SMILES string of the molecule is CN=C(C)/C(=C\C(C)O)C(N)=O. The van der Waals surface area contributed by atoms with E-state index in [4.69, 9.17) is 10.8 Å². The van der Waals surface area contributed by atoms with Crippen molar-refractivity contribution in [1.82, 2.24) is 0 Å². The Labute approximate surface area is 71.8 Å². The number of rotatable bonds is 3. The second-order valence-corrected chi connectivity index (χ2v) is 2.49. The first kappa shape index (κ1) is 10.8. The minimum atomic E-state index is -0.691. The van der Waals surface area contributed by atoms with Crippen molar-refractivity contribution in [3.63, 3.8) is 0 Å². The van der Waals surface area contributed by atoms with Crippen molar-refractivity contribution in [3.8, 4) is 0 Å². The summed E-state index contributed by atoms with van der Waals surface area (Å²) in [7, 11) is 1.56. The fraction of sp³-hybridized carbons (Fsp3) is 0.500. The lowest BCUT2D eigenvalue weighted by atomic mass is 10.1. The molecular weight excluding hydrogens is 156 g/mol. The number of nitrogens with zero attached hydrogens (tertiary/aromatic N) is 1. The van der Waals surface area contributed by atoms with E-state index in [0.717, 1.165) is 0 Å². The highest BCUT2D eigenvalue weighted by Crippen LogP contribution is 1.99. The first-order valence-electron chi connectivity index (χ1n) is 3.62. The minimum Gasteiger partial charge on any atom is -0.389 e. The molecule has 4 heteroatoms. The van der Waals surface area contributed by atoms with Crippen LogP contribution in [0.5, 0.6) is 0 Å². The van der Waals surface area contributed by atoms with Gasteiger partial charge in [-0.1, -0.05) is 0 Å². The van der Waals surface area contributed by atoms with Crippen molar-refractivity contribution in [2.24, 2.45) is 10.7 Å². The Kier molecular flexibility index (Phi) is 4.21. The highest BCUT2D eigenvalue weighted by molar-refractivity contribution is 6.20. The summed E-state index contributed by atoms with van der Waals surface area (Å²) in [6.45, 7) is 3.21. The molecule has 4 nitrogen and oxygen atoms in total. The normalized spacial score (nSPS) is 16.0. The number of primary amides is 1. The van der Waals surface area contributed by atoms with Gasteiger partial charge in [0.25, 0.3) is 0 Å². The van der Waals surface area contributed by atoms with E-state index in [0.29, 0.717) is 5.71 Å². The van der Waals surface area contributed by atoms with Crippen LogP contribution >= 0.6 is 0 Å². The maximum Gasteiger partial charge on any atom is 0.250 e. The van der Waals surface area contributed by atoms with Crippen LogP contribution in [0, 0.1) is 0 Å². The topological polar surface area (TPSA) is 75.7 Å². The summed E-state index contributed by atoms with van der Waals surface area (Å²) in [6.07, 6.45) is 0.689. The maximum absolute atomic E-state index is 10.8. The van der Waals surface area contributed by atoms with E-state index in [1.165, 1.54) is 6.08 Å². The minimum absolute atomic E-state index is 0.271. The Morgan fingerprint density at radius 1 is 1.67 bits per heavy atom. The van der Waals surface area contributed by atoms with Crippen LogP contribution in [-0.2, 0) is 4.79 Å². The average molecular weight is 170 g/mol. The van der Waals surface area contributed by atoms with Crippen LogP contribution in [0.25, 0.3) is 0 Å². The molecule has 1 unspecified atom stereocenters. The molecule has 68 valence electrons. The molecule has 0 heterocycles. The number of hydrogen-bond donors (Lipinski definition) is 2. The van der Waals surface area contributed by atoms with Crippen LogP contribution in [0.15, 0.2) is 16.6 Å². The van der Waals surface area contributed by atoms with E-state index in [2.05, 4.69) is 4.99 Å². The van der Waals surface area contributed by atoms with Crippen molar-refractivity contribution in [2.45, 2.75) is 20.0 Å². The van der Waals surface area contributed by atoms with Gasteiger partial charge in [0.2, 0.25) is 5.91 Å². The van der Waals surface area contributed by atoms with Crippen LogP contribution in [0.4, 0.5) is 0 Å². The second kappa shape index (κ2) is 4.66. The lowest BCUT2D eigenvalue weighted by Gasteiger charge is -2.03. The van der Waals surface area contributed by atoms with Gasteiger partial charge in [-0.3, -0.25) is 9.79 Å². The van der Waals surface area contributed by atoms with Crippen LogP contribution in [0.3, 0.4) is 0 Å². The van der Waals surface area contributed by atoms with Gasteiger partial charge in [-0.2, -0.15) is 0 Å². The Morgan fingerprint density at radius 2 is 2.17 bits per heavy atom. The predicted octanol–water partition coefficient (Wildman–Crippen LogP) is -0.130. The number of carbonyl (C=O) groups is 1. The molecular formula is C8H14N2O2. The molecule has 0 rings (SSSR count). The number of hydrogen-bond acceptors (Lipinski definition) is 3. The number of carbonyl (C=O) groups excluding carboxylic acids is 1. The van der Waals surface area contributed by atoms with Gasteiger partial charge in [0.05, 0.1) is 11.7 Å². The van der Waals surface area contributed by atoms with Crippen LogP contribution in [0.1, 0.15) is 13.8 Å². The summed E-state index contributed by atoms with van der Waals surface area (Å²) < 4.78 is 0. The molecule has 0 saturated carbocycles. The van der Waals surface area contributed by atoms with Gasteiger partial charge in [-0.25, -0.2) is 0 Å². The van der Waals surface area contributed by atoms with Crippen molar-refractivity contribution in [3.05, 3.63) is 11.6 Å². The molecule has 0 aliphatic carbocycles. The zero-order valence-electron chi connectivity index (χ0n) is 7.53. The molecule has 1 amide bonds. The van der Waals surface area contributed by atoms with E-state index in [9.17, 15) is 4.79 Å². The lowest BCUT2D eigenvalue weighted by molar-refractivity contribution is -0.114. The quantitative estimate of drug-likeness (QED) is 0.457. The monoisotopic (exact) mass is 170 g/mol. The van der Waals surface area contributed by atoms with Crippen molar-refractivity contribution >= 4 is 11.6 Å². The van der Waals surface area contributed by atoms with Gasteiger partial charge in [0, 0.05) is 12.8 Å². The Bertz CT molecular complexity index is 229. The van der Waals surface area contributed by atoms with E-state index in [-0.39, 0.29) is 5.57 Å². The van der Waals surface area contributed by atoms with E-state index >= 15 is 0 Å².